The number of nitrogens with zero attached hydrogens (tertiary/aromatic N) is 2. The highest BCUT2D eigenvalue weighted by Gasteiger charge is 2.27. The van der Waals surface area contributed by atoms with E-state index >= 15 is 0 Å². The third kappa shape index (κ3) is 14.9. The molecule has 0 aromatic heterocycles. The van der Waals surface area contributed by atoms with Gasteiger partial charge in [-0.05, 0) is 49.3 Å². The summed E-state index contributed by atoms with van der Waals surface area (Å²) in [6, 6.07) is 14.6. The number of nitrogens with two attached hydrogens (primary N) is 5. The minimum absolute atomic E-state index is 0.0114. The molecular formula is C31H48N10O4. The van der Waals surface area contributed by atoms with Crippen molar-refractivity contribution in [2.75, 3.05) is 18.4 Å². The topological polar surface area (TPSA) is 251 Å². The van der Waals surface area contributed by atoms with Gasteiger partial charge in [0.2, 0.25) is 17.7 Å². The highest BCUT2D eigenvalue weighted by Crippen LogP contribution is 2.19. The van der Waals surface area contributed by atoms with Gasteiger partial charge in [0.05, 0.1) is 6.04 Å². The van der Waals surface area contributed by atoms with E-state index in [-0.39, 0.29) is 43.1 Å². The molecule has 14 heteroatoms. The second kappa shape index (κ2) is 19.4. The predicted octanol–water partition coefficient (Wildman–Crippen LogP) is 0.654. The number of ether oxygens (including phenoxy) is 1. The van der Waals surface area contributed by atoms with Crippen LogP contribution in [0.3, 0.4) is 0 Å². The second-order valence-electron chi connectivity index (χ2n) is 11.0. The van der Waals surface area contributed by atoms with Crippen LogP contribution in [0.4, 0.5) is 5.69 Å². The summed E-state index contributed by atoms with van der Waals surface area (Å²) in [5.74, 6) is -0.804. The Labute approximate surface area is 264 Å². The van der Waals surface area contributed by atoms with Gasteiger partial charge in [0.25, 0.3) is 0 Å². The average molecular weight is 625 g/mol. The molecule has 0 fully saturated rings. The minimum atomic E-state index is -0.918. The molecule has 0 saturated heterocycles. The lowest BCUT2D eigenvalue weighted by Gasteiger charge is -2.26. The summed E-state index contributed by atoms with van der Waals surface area (Å²) in [4.78, 5) is 47.1. The van der Waals surface area contributed by atoms with Crippen LogP contribution in [0, 0.1) is 5.92 Å². The molecule has 246 valence electrons. The van der Waals surface area contributed by atoms with Gasteiger partial charge in [-0.15, -0.1) is 0 Å². The number of benzene rings is 2. The van der Waals surface area contributed by atoms with E-state index in [1.54, 1.807) is 18.2 Å². The molecule has 3 atom stereocenters. The normalized spacial score (nSPS) is 12.7. The Morgan fingerprint density at radius 2 is 1.47 bits per heavy atom. The molecule has 0 radical (unpaired) electrons. The van der Waals surface area contributed by atoms with E-state index in [4.69, 9.17) is 33.4 Å². The van der Waals surface area contributed by atoms with Gasteiger partial charge < -0.3 is 49.4 Å². The van der Waals surface area contributed by atoms with Crippen LogP contribution < -0.4 is 49.4 Å². The molecule has 0 spiro atoms. The summed E-state index contributed by atoms with van der Waals surface area (Å²) in [6.07, 6.45) is 1.49. The molecule has 2 aromatic carbocycles. The number of rotatable bonds is 19. The molecule has 2 rings (SSSR count). The molecule has 0 aliphatic rings. The Balaban J connectivity index is 2.01. The summed E-state index contributed by atoms with van der Waals surface area (Å²) in [7, 11) is 0. The summed E-state index contributed by atoms with van der Waals surface area (Å²) in [6.45, 7) is 4.79. The average Bonchev–Trinajstić information content (AvgIpc) is 2.99. The number of hydrogen-bond acceptors (Lipinski definition) is 7. The number of carbonyl (C=O) groups excluding carboxylic acids is 3. The van der Waals surface area contributed by atoms with Crippen molar-refractivity contribution in [3.8, 4) is 5.75 Å². The molecule has 0 aliphatic carbocycles. The number of hydrogen-bond donors (Lipinski definition) is 8. The number of aliphatic imine (C=N–C) groups is 2. The van der Waals surface area contributed by atoms with E-state index in [0.29, 0.717) is 43.9 Å². The molecule has 1 unspecified atom stereocenters. The van der Waals surface area contributed by atoms with E-state index in [2.05, 4.69) is 25.9 Å². The van der Waals surface area contributed by atoms with Gasteiger partial charge in [-0.3, -0.25) is 24.4 Å². The van der Waals surface area contributed by atoms with Gasteiger partial charge in [0.15, 0.2) is 11.9 Å². The highest BCUT2D eigenvalue weighted by molar-refractivity contribution is 5.93. The zero-order valence-corrected chi connectivity index (χ0v) is 26.1. The van der Waals surface area contributed by atoms with Crippen LogP contribution in [0.5, 0.6) is 5.75 Å². The fraction of sp³-hybridized carbons (Fsp3) is 0.452. The molecule has 0 saturated carbocycles. The molecule has 14 nitrogen and oxygen atoms in total. The molecule has 13 N–H and O–H groups in total. The van der Waals surface area contributed by atoms with Crippen molar-refractivity contribution in [3.05, 3.63) is 60.2 Å². The quantitative estimate of drug-likeness (QED) is 0.0620. The van der Waals surface area contributed by atoms with Gasteiger partial charge >= 0.3 is 0 Å². The van der Waals surface area contributed by atoms with Crippen LogP contribution in [0.2, 0.25) is 0 Å². The number of guanidine groups is 2. The Bertz CT molecular complexity index is 1280. The maximum atomic E-state index is 13.4. The molecule has 3 amide bonds. The Morgan fingerprint density at radius 1 is 0.822 bits per heavy atom. The number of anilines is 1. The molecular weight excluding hydrogens is 576 g/mol. The zero-order chi connectivity index (χ0) is 33.2. The summed E-state index contributed by atoms with van der Waals surface area (Å²) in [5.41, 5.74) is 29.1. The summed E-state index contributed by atoms with van der Waals surface area (Å²) in [5, 5.41) is 8.55. The molecule has 0 bridgehead atoms. The smallest absolute Gasteiger partial charge is 0.242 e. The summed E-state index contributed by atoms with van der Waals surface area (Å²) >= 11 is 0. The largest absolute Gasteiger partial charge is 0.489 e. The van der Waals surface area contributed by atoms with Crippen molar-refractivity contribution >= 4 is 35.3 Å². The van der Waals surface area contributed by atoms with Crippen molar-refractivity contribution in [1.29, 1.82) is 0 Å². The first-order chi connectivity index (χ1) is 21.4. The van der Waals surface area contributed by atoms with Gasteiger partial charge in [-0.2, -0.15) is 0 Å². The number of nitrogens with one attached hydrogen (secondary N) is 3. The van der Waals surface area contributed by atoms with Crippen molar-refractivity contribution in [3.63, 3.8) is 0 Å². The predicted molar refractivity (Wildman–Crippen MR) is 177 cm³/mol. The number of amides is 3. The minimum Gasteiger partial charge on any atom is -0.489 e. The van der Waals surface area contributed by atoms with Gasteiger partial charge in [-0.1, -0.05) is 50.2 Å². The van der Waals surface area contributed by atoms with E-state index in [1.165, 1.54) is 0 Å². The van der Waals surface area contributed by atoms with Crippen LogP contribution in [-0.4, -0.2) is 60.9 Å². The first-order valence-electron chi connectivity index (χ1n) is 15.0. The molecule has 0 heterocycles. The summed E-state index contributed by atoms with van der Waals surface area (Å²) < 4.78 is 5.86. The number of carbonyl (C=O) groups is 3. The molecule has 2 aromatic rings. The fourth-order valence-corrected chi connectivity index (χ4v) is 4.25. The van der Waals surface area contributed by atoms with E-state index in [1.807, 2.05) is 50.2 Å². The lowest BCUT2D eigenvalue weighted by Crippen LogP contribution is -2.54. The Hall–Kier alpha value is -4.85. The SMILES string of the molecule is CC(C)C(CC(=O)Nc1cccc(OCc2ccccc2)c1)NC(=O)[C@H](CCCN=C(N)N)NC(=O)[C@@H](N)CCCN=C(N)N. The standard InChI is InChI=1S/C31H48N10O4/c1-20(2)26(18-27(42)39-22-11-6-12-23(17-22)45-19-21-9-4-3-5-10-21)41-29(44)25(14-8-16-38-31(35)36)40-28(43)24(32)13-7-15-37-30(33)34/h3-6,9-12,17,20,24-26H,7-8,13-16,18-19,32H2,1-2H3,(H,39,42)(H,40,43)(H,41,44)(H4,33,34,37)(H4,35,36,38)/t24-,25-,26?/m0/s1. The van der Waals surface area contributed by atoms with Gasteiger partial charge in [-0.25, -0.2) is 0 Å². The molecule has 45 heavy (non-hydrogen) atoms. The lowest BCUT2D eigenvalue weighted by molar-refractivity contribution is -0.130. The van der Waals surface area contributed by atoms with Crippen LogP contribution in [0.25, 0.3) is 0 Å². The van der Waals surface area contributed by atoms with Crippen molar-refractivity contribution < 1.29 is 19.1 Å². The van der Waals surface area contributed by atoms with Crippen LogP contribution in [0.15, 0.2) is 64.6 Å². The lowest BCUT2D eigenvalue weighted by atomic mass is 9.99. The monoisotopic (exact) mass is 624 g/mol. The van der Waals surface area contributed by atoms with Gasteiger partial charge in [0, 0.05) is 37.3 Å². The van der Waals surface area contributed by atoms with Crippen LogP contribution in [-0.2, 0) is 21.0 Å². The second-order valence-corrected chi connectivity index (χ2v) is 11.0. The van der Waals surface area contributed by atoms with Gasteiger partial charge in [0.1, 0.15) is 18.4 Å². The first kappa shape index (κ1) is 36.3. The van der Waals surface area contributed by atoms with Crippen LogP contribution >= 0.6 is 0 Å². The van der Waals surface area contributed by atoms with Crippen LogP contribution in [0.1, 0.15) is 51.5 Å². The third-order valence-corrected chi connectivity index (χ3v) is 6.79. The van der Waals surface area contributed by atoms with Crippen molar-refractivity contribution in [2.24, 2.45) is 44.6 Å². The highest BCUT2D eigenvalue weighted by atomic mass is 16.5. The van der Waals surface area contributed by atoms with E-state index in [9.17, 15) is 14.4 Å². The van der Waals surface area contributed by atoms with E-state index < -0.39 is 29.9 Å². The fourth-order valence-electron chi connectivity index (χ4n) is 4.25. The zero-order valence-electron chi connectivity index (χ0n) is 26.1. The third-order valence-electron chi connectivity index (χ3n) is 6.79. The van der Waals surface area contributed by atoms with Crippen molar-refractivity contribution in [2.45, 2.75) is 70.7 Å². The van der Waals surface area contributed by atoms with Crippen molar-refractivity contribution in [1.82, 2.24) is 10.6 Å². The maximum absolute atomic E-state index is 13.4. The molecule has 0 aliphatic heterocycles. The Morgan fingerprint density at radius 3 is 2.09 bits per heavy atom. The maximum Gasteiger partial charge on any atom is 0.242 e. The Kier molecular flexibility index (Phi) is 15.7. The van der Waals surface area contributed by atoms with E-state index in [0.717, 1.165) is 5.56 Å². The first-order valence-corrected chi connectivity index (χ1v) is 15.0.